The number of piperazine rings is 1. The van der Waals surface area contributed by atoms with Crippen LogP contribution in [0.3, 0.4) is 0 Å². The molecule has 0 bridgehead atoms. The standard InChI is InChI=1S/C26H42N4O5S/c1-20-16-24(34-4)17-21(2)26(20)36(32,33)30-9-5-6-23(30)18-35-19-25(31)29-14-12-28(13-15-29)22-7-10-27(3)11-8-22/h16-17,22-23H,5-15,18-19H2,1-4H3. The minimum atomic E-state index is -3.67. The van der Waals surface area contributed by atoms with Crippen LogP contribution in [0.25, 0.3) is 0 Å². The molecule has 202 valence electrons. The van der Waals surface area contributed by atoms with Crippen molar-refractivity contribution in [1.82, 2.24) is 19.0 Å². The first kappa shape index (κ1) is 27.3. The van der Waals surface area contributed by atoms with Gasteiger partial charge in [-0.15, -0.1) is 0 Å². The summed E-state index contributed by atoms with van der Waals surface area (Å²) in [4.78, 5) is 19.9. The molecule has 0 spiro atoms. The molecule has 1 atom stereocenters. The summed E-state index contributed by atoms with van der Waals surface area (Å²) in [7, 11) is 0.0794. The number of benzene rings is 1. The molecule has 0 radical (unpaired) electrons. The Morgan fingerprint density at radius 1 is 0.972 bits per heavy atom. The van der Waals surface area contributed by atoms with Gasteiger partial charge in [-0.25, -0.2) is 8.42 Å². The van der Waals surface area contributed by atoms with Gasteiger partial charge in [0.2, 0.25) is 15.9 Å². The first-order valence-corrected chi connectivity index (χ1v) is 14.6. The maximum Gasteiger partial charge on any atom is 0.248 e. The van der Waals surface area contributed by atoms with Crippen molar-refractivity contribution in [3.05, 3.63) is 23.3 Å². The highest BCUT2D eigenvalue weighted by molar-refractivity contribution is 7.89. The zero-order valence-corrected chi connectivity index (χ0v) is 23.1. The van der Waals surface area contributed by atoms with Crippen LogP contribution in [0, 0.1) is 13.8 Å². The van der Waals surface area contributed by atoms with Crippen LogP contribution in [-0.4, -0.2) is 119 Å². The van der Waals surface area contributed by atoms with Gasteiger partial charge in [0.15, 0.2) is 0 Å². The molecule has 1 unspecified atom stereocenters. The third-order valence-electron chi connectivity index (χ3n) is 7.97. The molecular formula is C26H42N4O5S. The highest BCUT2D eigenvalue weighted by Crippen LogP contribution is 2.32. The van der Waals surface area contributed by atoms with Gasteiger partial charge >= 0.3 is 0 Å². The molecule has 1 aromatic rings. The van der Waals surface area contributed by atoms with E-state index in [9.17, 15) is 13.2 Å². The van der Waals surface area contributed by atoms with E-state index in [4.69, 9.17) is 9.47 Å². The Bertz CT molecular complexity index is 994. The first-order chi connectivity index (χ1) is 17.2. The molecule has 0 aromatic heterocycles. The van der Waals surface area contributed by atoms with Crippen molar-refractivity contribution in [3.63, 3.8) is 0 Å². The lowest BCUT2D eigenvalue weighted by Gasteiger charge is -2.42. The summed E-state index contributed by atoms with van der Waals surface area (Å²) in [6.07, 6.45) is 3.92. The van der Waals surface area contributed by atoms with Crippen molar-refractivity contribution in [2.24, 2.45) is 0 Å². The number of aryl methyl sites for hydroxylation is 2. The molecule has 3 aliphatic rings. The van der Waals surface area contributed by atoms with E-state index in [0.717, 1.165) is 52.1 Å². The number of methoxy groups -OCH3 is 1. The molecular weight excluding hydrogens is 480 g/mol. The Morgan fingerprint density at radius 2 is 1.61 bits per heavy atom. The quantitative estimate of drug-likeness (QED) is 0.514. The molecule has 3 saturated heterocycles. The zero-order valence-electron chi connectivity index (χ0n) is 22.2. The number of rotatable bonds is 8. The summed E-state index contributed by atoms with van der Waals surface area (Å²) in [5.41, 5.74) is 1.35. The van der Waals surface area contributed by atoms with Gasteiger partial charge in [-0.3, -0.25) is 9.69 Å². The van der Waals surface area contributed by atoms with Gasteiger partial charge in [-0.05, 0) is 82.9 Å². The molecule has 1 aromatic carbocycles. The fourth-order valence-electron chi connectivity index (χ4n) is 5.91. The van der Waals surface area contributed by atoms with Crippen LogP contribution in [-0.2, 0) is 19.6 Å². The number of amides is 1. The third-order valence-corrected chi connectivity index (χ3v) is 10.2. The van der Waals surface area contributed by atoms with Gasteiger partial charge in [0.05, 0.1) is 18.6 Å². The fraction of sp³-hybridized carbons (Fsp3) is 0.731. The Hall–Kier alpha value is -1.72. The Kier molecular flexibility index (Phi) is 8.93. The Balaban J connectivity index is 1.27. The summed E-state index contributed by atoms with van der Waals surface area (Å²) in [5.74, 6) is 0.642. The number of carbonyl (C=O) groups excluding carboxylic acids is 1. The lowest BCUT2D eigenvalue weighted by Crippen LogP contribution is -2.54. The van der Waals surface area contributed by atoms with Crippen molar-refractivity contribution >= 4 is 15.9 Å². The summed E-state index contributed by atoms with van der Waals surface area (Å²) >= 11 is 0. The number of carbonyl (C=O) groups is 1. The van der Waals surface area contributed by atoms with E-state index in [1.54, 1.807) is 37.4 Å². The predicted octanol–water partition coefficient (Wildman–Crippen LogP) is 1.72. The van der Waals surface area contributed by atoms with Crippen molar-refractivity contribution < 1.29 is 22.7 Å². The first-order valence-electron chi connectivity index (χ1n) is 13.2. The second-order valence-electron chi connectivity index (χ2n) is 10.5. The Morgan fingerprint density at radius 3 is 2.22 bits per heavy atom. The molecule has 3 aliphatic heterocycles. The van der Waals surface area contributed by atoms with Crippen LogP contribution < -0.4 is 4.74 Å². The second-order valence-corrected chi connectivity index (χ2v) is 12.3. The number of piperidine rings is 1. The van der Waals surface area contributed by atoms with Crippen LogP contribution in [0.5, 0.6) is 5.75 Å². The number of nitrogens with zero attached hydrogens (tertiary/aromatic N) is 4. The molecule has 1 amide bonds. The lowest BCUT2D eigenvalue weighted by atomic mass is 10.0. The van der Waals surface area contributed by atoms with Crippen LogP contribution in [0.15, 0.2) is 17.0 Å². The van der Waals surface area contributed by atoms with Gasteiger partial charge in [-0.2, -0.15) is 4.31 Å². The van der Waals surface area contributed by atoms with Crippen molar-refractivity contribution in [1.29, 1.82) is 0 Å². The van der Waals surface area contributed by atoms with Gasteiger partial charge in [0, 0.05) is 44.8 Å². The molecule has 0 saturated carbocycles. The van der Waals surface area contributed by atoms with Crippen LogP contribution in [0.2, 0.25) is 0 Å². The normalized spacial score (nSPS) is 23.3. The predicted molar refractivity (Wildman–Crippen MR) is 139 cm³/mol. The number of sulfonamides is 1. The highest BCUT2D eigenvalue weighted by Gasteiger charge is 2.37. The SMILES string of the molecule is COc1cc(C)c(S(=O)(=O)N2CCCC2COCC(=O)N2CCN(C3CCN(C)CC3)CC2)c(C)c1. The van der Waals surface area contributed by atoms with Crippen LogP contribution in [0.1, 0.15) is 36.8 Å². The summed E-state index contributed by atoms with van der Waals surface area (Å²) < 4.78 is 39.8. The van der Waals surface area contributed by atoms with Crippen LogP contribution in [0.4, 0.5) is 0 Å². The second kappa shape index (κ2) is 11.8. The third kappa shape index (κ3) is 6.05. The smallest absolute Gasteiger partial charge is 0.248 e. The molecule has 0 aliphatic carbocycles. The lowest BCUT2D eigenvalue weighted by molar-refractivity contribution is -0.138. The number of likely N-dealkylation sites (tertiary alicyclic amines) is 1. The molecule has 10 heteroatoms. The molecule has 4 rings (SSSR count). The minimum Gasteiger partial charge on any atom is -0.497 e. The maximum absolute atomic E-state index is 13.6. The van der Waals surface area contributed by atoms with E-state index in [1.807, 2.05) is 4.90 Å². The zero-order chi connectivity index (χ0) is 25.9. The molecule has 3 heterocycles. The largest absolute Gasteiger partial charge is 0.497 e. The van der Waals surface area contributed by atoms with Gasteiger partial charge in [0.25, 0.3) is 0 Å². The molecule has 36 heavy (non-hydrogen) atoms. The van der Waals surface area contributed by atoms with E-state index < -0.39 is 10.0 Å². The molecule has 0 N–H and O–H groups in total. The number of hydrogen-bond acceptors (Lipinski definition) is 7. The maximum atomic E-state index is 13.6. The van der Waals surface area contributed by atoms with Crippen molar-refractivity contribution in [2.45, 2.75) is 56.5 Å². The summed E-state index contributed by atoms with van der Waals surface area (Å²) in [5, 5.41) is 0. The van der Waals surface area contributed by atoms with Crippen molar-refractivity contribution in [3.8, 4) is 5.75 Å². The van der Waals surface area contributed by atoms with Gasteiger partial charge < -0.3 is 19.3 Å². The monoisotopic (exact) mass is 522 g/mol. The molecule has 3 fully saturated rings. The minimum absolute atomic E-state index is 0.000791. The average Bonchev–Trinajstić information content (AvgIpc) is 3.33. The highest BCUT2D eigenvalue weighted by atomic mass is 32.2. The van der Waals surface area contributed by atoms with Gasteiger partial charge in [-0.1, -0.05) is 0 Å². The average molecular weight is 523 g/mol. The van der Waals surface area contributed by atoms with E-state index in [-0.39, 0.29) is 25.2 Å². The van der Waals surface area contributed by atoms with Crippen LogP contribution >= 0.6 is 0 Å². The summed E-state index contributed by atoms with van der Waals surface area (Å²) in [6, 6.07) is 3.88. The Labute approximate surface area is 216 Å². The number of ether oxygens (including phenoxy) is 2. The topological polar surface area (TPSA) is 82.6 Å². The van der Waals surface area contributed by atoms with E-state index in [0.29, 0.717) is 34.4 Å². The fourth-order valence-corrected chi connectivity index (χ4v) is 8.01. The van der Waals surface area contributed by atoms with Gasteiger partial charge in [0.1, 0.15) is 12.4 Å². The number of hydrogen-bond donors (Lipinski definition) is 0. The molecule has 9 nitrogen and oxygen atoms in total. The van der Waals surface area contributed by atoms with Crippen molar-refractivity contribution in [2.75, 3.05) is 73.2 Å². The van der Waals surface area contributed by atoms with E-state index >= 15 is 0 Å². The van der Waals surface area contributed by atoms with E-state index in [2.05, 4.69) is 16.8 Å². The summed E-state index contributed by atoms with van der Waals surface area (Å²) in [6.45, 7) is 9.87. The van der Waals surface area contributed by atoms with E-state index in [1.165, 1.54) is 12.8 Å².